The molecule has 1 aromatic heterocycles. The number of anilines is 2. The van der Waals surface area contributed by atoms with Crippen molar-refractivity contribution in [3.63, 3.8) is 0 Å². The zero-order chi connectivity index (χ0) is 15.6. The Labute approximate surface area is 126 Å². The van der Waals surface area contributed by atoms with Crippen LogP contribution in [0.3, 0.4) is 0 Å². The van der Waals surface area contributed by atoms with Gasteiger partial charge in [-0.2, -0.15) is 5.26 Å². The van der Waals surface area contributed by atoms with Crippen LogP contribution in [0.4, 0.5) is 11.4 Å². The van der Waals surface area contributed by atoms with Crippen LogP contribution in [0.5, 0.6) is 0 Å². The Bertz CT molecular complexity index is 724. The van der Waals surface area contributed by atoms with Gasteiger partial charge in [0, 0.05) is 11.1 Å². The smallest absolute Gasteiger partial charge is 0.269 e. The molecule has 3 N–H and O–H groups in total. The Balaban J connectivity index is 2.32. The molecular weight excluding hydrogens is 286 g/mol. The first-order valence-corrected chi connectivity index (χ1v) is 7.04. The Kier molecular flexibility index (Phi) is 3.91. The summed E-state index contributed by atoms with van der Waals surface area (Å²) in [5.41, 5.74) is 7.20. The van der Waals surface area contributed by atoms with E-state index in [-0.39, 0.29) is 11.3 Å². The third-order valence-corrected chi connectivity index (χ3v) is 3.54. The highest BCUT2D eigenvalue weighted by Crippen LogP contribution is 2.27. The topological polar surface area (TPSA) is 105 Å². The van der Waals surface area contributed by atoms with Crippen molar-refractivity contribution in [2.75, 3.05) is 11.1 Å². The standard InChI is InChI=1S/C14H15N5OS/c1-14(2,3)12-11(21-19-18-12)13(20)17-10-5-4-9(16)6-8(10)7-15/h4-6H,16H2,1-3H3,(H,17,20). The van der Waals surface area contributed by atoms with E-state index in [4.69, 9.17) is 11.0 Å². The van der Waals surface area contributed by atoms with Crippen LogP contribution in [0.15, 0.2) is 18.2 Å². The van der Waals surface area contributed by atoms with Crippen LogP contribution in [0.1, 0.15) is 41.7 Å². The number of hydrogen-bond donors (Lipinski definition) is 2. The molecule has 0 unspecified atom stereocenters. The second kappa shape index (κ2) is 5.50. The number of nitriles is 1. The minimum absolute atomic E-state index is 0.279. The Morgan fingerprint density at radius 1 is 1.43 bits per heavy atom. The lowest BCUT2D eigenvalue weighted by atomic mass is 9.91. The van der Waals surface area contributed by atoms with E-state index in [0.29, 0.717) is 27.5 Å². The van der Waals surface area contributed by atoms with Crippen LogP contribution >= 0.6 is 11.5 Å². The van der Waals surface area contributed by atoms with Gasteiger partial charge < -0.3 is 11.1 Å². The molecule has 6 nitrogen and oxygen atoms in total. The molecule has 2 rings (SSSR count). The third kappa shape index (κ3) is 3.17. The highest BCUT2D eigenvalue weighted by Gasteiger charge is 2.26. The Morgan fingerprint density at radius 3 is 2.76 bits per heavy atom. The molecule has 21 heavy (non-hydrogen) atoms. The fourth-order valence-electron chi connectivity index (χ4n) is 1.77. The predicted molar refractivity (Wildman–Crippen MR) is 82.1 cm³/mol. The zero-order valence-electron chi connectivity index (χ0n) is 12.0. The molecule has 0 saturated heterocycles. The molecule has 7 heteroatoms. The average Bonchev–Trinajstić information content (AvgIpc) is 2.90. The molecule has 108 valence electrons. The van der Waals surface area contributed by atoms with Crippen LogP contribution < -0.4 is 11.1 Å². The molecule has 0 atom stereocenters. The number of nitrogens with zero attached hydrogens (tertiary/aromatic N) is 3. The first kappa shape index (κ1) is 14.9. The summed E-state index contributed by atoms with van der Waals surface area (Å²) in [6.45, 7) is 5.89. The van der Waals surface area contributed by atoms with Crippen molar-refractivity contribution in [1.82, 2.24) is 9.59 Å². The lowest BCUT2D eigenvalue weighted by molar-refractivity contribution is 0.102. The molecule has 0 spiro atoms. The summed E-state index contributed by atoms with van der Waals surface area (Å²) >= 11 is 1.04. The molecular formula is C14H15N5OS. The van der Waals surface area contributed by atoms with Crippen LogP contribution in [0.25, 0.3) is 0 Å². The molecule has 0 bridgehead atoms. The predicted octanol–water partition coefficient (Wildman–Crippen LogP) is 2.54. The number of carbonyl (C=O) groups excluding carboxylic acids is 1. The van der Waals surface area contributed by atoms with Gasteiger partial charge in [0.15, 0.2) is 0 Å². The number of amides is 1. The van der Waals surface area contributed by atoms with E-state index in [1.807, 2.05) is 26.8 Å². The Hall–Kier alpha value is -2.46. The molecule has 0 radical (unpaired) electrons. The number of nitrogen functional groups attached to an aromatic ring is 1. The highest BCUT2D eigenvalue weighted by molar-refractivity contribution is 7.08. The molecule has 0 aliphatic rings. The number of rotatable bonds is 2. The second-order valence-electron chi connectivity index (χ2n) is 5.57. The summed E-state index contributed by atoms with van der Waals surface area (Å²) < 4.78 is 3.85. The first-order valence-electron chi connectivity index (χ1n) is 6.26. The van der Waals surface area contributed by atoms with Crippen LogP contribution in [-0.2, 0) is 5.41 Å². The highest BCUT2D eigenvalue weighted by atomic mass is 32.1. The number of hydrogen-bond acceptors (Lipinski definition) is 6. The normalized spacial score (nSPS) is 11.0. The third-order valence-electron chi connectivity index (χ3n) is 2.82. The minimum Gasteiger partial charge on any atom is -0.399 e. The van der Waals surface area contributed by atoms with Crippen molar-refractivity contribution < 1.29 is 4.79 Å². The fourth-order valence-corrected chi connectivity index (χ4v) is 2.54. The van der Waals surface area contributed by atoms with E-state index >= 15 is 0 Å². The maximum absolute atomic E-state index is 12.4. The van der Waals surface area contributed by atoms with Gasteiger partial charge >= 0.3 is 0 Å². The fraction of sp³-hybridized carbons (Fsp3) is 0.286. The van der Waals surface area contributed by atoms with Crippen LogP contribution in [0, 0.1) is 11.3 Å². The molecule has 2 aromatic rings. The van der Waals surface area contributed by atoms with Crippen molar-refractivity contribution in [1.29, 1.82) is 5.26 Å². The van der Waals surface area contributed by atoms with E-state index in [0.717, 1.165) is 11.5 Å². The number of aromatic nitrogens is 2. The van der Waals surface area contributed by atoms with Crippen molar-refractivity contribution in [2.45, 2.75) is 26.2 Å². The summed E-state index contributed by atoms with van der Waals surface area (Å²) in [5, 5.41) is 15.8. The number of nitrogens with two attached hydrogens (primary N) is 1. The maximum atomic E-state index is 12.4. The lowest BCUT2D eigenvalue weighted by Gasteiger charge is -2.16. The van der Waals surface area contributed by atoms with Gasteiger partial charge in [0.25, 0.3) is 5.91 Å². The monoisotopic (exact) mass is 301 g/mol. The largest absolute Gasteiger partial charge is 0.399 e. The molecule has 0 fully saturated rings. The van der Waals surface area contributed by atoms with Gasteiger partial charge in [0.1, 0.15) is 10.9 Å². The summed E-state index contributed by atoms with van der Waals surface area (Å²) in [6, 6.07) is 6.77. The van der Waals surface area contributed by atoms with Gasteiger partial charge in [-0.3, -0.25) is 4.79 Å². The molecule has 0 aliphatic heterocycles. The second-order valence-corrected chi connectivity index (χ2v) is 6.33. The van der Waals surface area contributed by atoms with E-state index < -0.39 is 0 Å². The van der Waals surface area contributed by atoms with Crippen molar-refractivity contribution in [3.05, 3.63) is 34.3 Å². The van der Waals surface area contributed by atoms with Crippen molar-refractivity contribution >= 4 is 28.8 Å². The summed E-state index contributed by atoms with van der Waals surface area (Å²) in [4.78, 5) is 12.8. The quantitative estimate of drug-likeness (QED) is 0.829. The summed E-state index contributed by atoms with van der Waals surface area (Å²) in [7, 11) is 0. The molecule has 1 aromatic carbocycles. The zero-order valence-corrected chi connectivity index (χ0v) is 12.8. The maximum Gasteiger partial charge on any atom is 0.269 e. The molecule has 1 amide bonds. The minimum atomic E-state index is -0.323. The van der Waals surface area contributed by atoms with E-state index in [1.54, 1.807) is 12.1 Å². The lowest BCUT2D eigenvalue weighted by Crippen LogP contribution is -2.20. The summed E-state index contributed by atoms with van der Waals surface area (Å²) in [5.74, 6) is -0.323. The van der Waals surface area contributed by atoms with Crippen LogP contribution in [-0.4, -0.2) is 15.5 Å². The van der Waals surface area contributed by atoms with Gasteiger partial charge in [0.05, 0.1) is 16.9 Å². The molecule has 0 aliphatic carbocycles. The van der Waals surface area contributed by atoms with Gasteiger partial charge in [-0.1, -0.05) is 25.3 Å². The van der Waals surface area contributed by atoms with Gasteiger partial charge in [0.2, 0.25) is 0 Å². The SMILES string of the molecule is CC(C)(C)c1nnsc1C(=O)Nc1ccc(N)cc1C#N. The summed E-state index contributed by atoms with van der Waals surface area (Å²) in [6.07, 6.45) is 0. The van der Waals surface area contributed by atoms with Gasteiger partial charge in [-0.25, -0.2) is 0 Å². The van der Waals surface area contributed by atoms with Gasteiger partial charge in [-0.05, 0) is 29.7 Å². The van der Waals surface area contributed by atoms with E-state index in [1.165, 1.54) is 6.07 Å². The van der Waals surface area contributed by atoms with E-state index in [2.05, 4.69) is 14.9 Å². The molecule has 0 saturated carbocycles. The first-order chi connectivity index (χ1) is 9.82. The average molecular weight is 301 g/mol. The van der Waals surface area contributed by atoms with Crippen molar-refractivity contribution in [2.24, 2.45) is 0 Å². The molecule has 1 heterocycles. The number of nitrogens with one attached hydrogen (secondary N) is 1. The Morgan fingerprint density at radius 2 is 2.14 bits per heavy atom. The van der Waals surface area contributed by atoms with Crippen LogP contribution in [0.2, 0.25) is 0 Å². The van der Waals surface area contributed by atoms with Gasteiger partial charge in [-0.15, -0.1) is 5.10 Å². The number of benzene rings is 1. The van der Waals surface area contributed by atoms with E-state index in [9.17, 15) is 4.79 Å². The number of carbonyl (C=O) groups is 1. The van der Waals surface area contributed by atoms with Crippen molar-refractivity contribution in [3.8, 4) is 6.07 Å².